The van der Waals surface area contributed by atoms with E-state index >= 15 is 0 Å². The van der Waals surface area contributed by atoms with Crippen LogP contribution in [0.15, 0.2) is 0 Å². The highest BCUT2D eigenvalue weighted by Crippen LogP contribution is 2.57. The normalized spacial score (nSPS) is 14.2. The van der Waals surface area contributed by atoms with Gasteiger partial charge in [0.25, 0.3) is 0 Å². The molecule has 25 heavy (non-hydrogen) atoms. The molecule has 0 aliphatic rings. The third-order valence-corrected chi connectivity index (χ3v) is 2.44. The number of rotatable bonds is 7. The van der Waals surface area contributed by atoms with Crippen LogP contribution in [-0.4, -0.2) is 58.8 Å². The van der Waals surface area contributed by atoms with E-state index in [1.54, 1.807) is 6.92 Å². The van der Waals surface area contributed by atoms with Crippen molar-refractivity contribution >= 4 is 5.97 Å². The van der Waals surface area contributed by atoms with Crippen molar-refractivity contribution in [1.82, 2.24) is 0 Å². The molecule has 0 saturated carbocycles. The Balaban J connectivity index is 0. The second-order valence-electron chi connectivity index (χ2n) is 4.26. The first-order valence-electron chi connectivity index (χ1n) is 5.77. The monoisotopic (exact) mass is 406 g/mol. The second-order valence-corrected chi connectivity index (χ2v) is 4.26. The number of aliphatic carboxylic acids is 1. The van der Waals surface area contributed by atoms with E-state index < -0.39 is 48.6 Å². The molecule has 0 radical (unpaired) electrons. The quantitative estimate of drug-likeness (QED) is 0.631. The Hall–Kier alpha value is -1.41. The van der Waals surface area contributed by atoms with Gasteiger partial charge in [-0.25, -0.2) is 8.78 Å². The smallest absolute Gasteiger partial charge is 0.384 e. The van der Waals surface area contributed by atoms with E-state index in [9.17, 15) is 57.5 Å². The molecule has 0 aliphatic heterocycles. The third-order valence-electron chi connectivity index (χ3n) is 2.44. The van der Waals surface area contributed by atoms with Crippen molar-refractivity contribution in [3.05, 3.63) is 0 Å². The predicted molar refractivity (Wildman–Crippen MR) is 55.8 cm³/mol. The Kier molecular flexibility index (Phi) is 8.12. The minimum absolute atomic E-state index is 0.222. The highest BCUT2D eigenvalue weighted by Gasteiger charge is 2.87. The minimum Gasteiger partial charge on any atom is -0.481 e. The molecule has 0 unspecified atom stereocenters. The molecule has 0 atom stereocenters. The van der Waals surface area contributed by atoms with Crippen LogP contribution in [0.25, 0.3) is 0 Å². The number of hydrogen-bond donors (Lipinski definition) is 2. The molecule has 3 nitrogen and oxygen atoms in total. The highest BCUT2D eigenvalue weighted by molar-refractivity contribution is 5.66. The maximum atomic E-state index is 12.6. The zero-order valence-electron chi connectivity index (χ0n) is 11.8. The highest BCUT2D eigenvalue weighted by atomic mass is 19.4. The number of carboxylic acid groups (broad SMARTS) is 1. The molecule has 0 aromatic carbocycles. The first-order chi connectivity index (χ1) is 10.8. The van der Waals surface area contributed by atoms with Gasteiger partial charge >= 0.3 is 42.0 Å². The fourth-order valence-corrected chi connectivity index (χ4v) is 0.872. The largest absolute Gasteiger partial charge is 0.481 e. The summed E-state index contributed by atoms with van der Waals surface area (Å²) in [6.45, 7) is -1.51. The lowest BCUT2D eigenvalue weighted by molar-refractivity contribution is -0.414. The average molecular weight is 406 g/mol. The Morgan fingerprint density at radius 3 is 1.36 bits per heavy atom. The molecule has 2 N–H and O–H groups in total. The molecular weight excluding hydrogens is 396 g/mol. The van der Waals surface area contributed by atoms with Crippen LogP contribution in [-0.2, 0) is 4.79 Å². The van der Waals surface area contributed by atoms with Crippen LogP contribution in [0, 0.1) is 0 Å². The van der Waals surface area contributed by atoms with Gasteiger partial charge in [-0.05, 0) is 0 Å². The molecule has 15 heteroatoms. The maximum Gasteiger partial charge on any atom is 0.384 e. The summed E-state index contributed by atoms with van der Waals surface area (Å²) in [6.07, 6.45) is -5.30. The zero-order chi connectivity index (χ0) is 21.1. The fourth-order valence-electron chi connectivity index (χ4n) is 0.872. The summed E-state index contributed by atoms with van der Waals surface area (Å²) in [7, 11) is 0. The number of carboxylic acids is 1. The van der Waals surface area contributed by atoms with Crippen LogP contribution in [0.3, 0.4) is 0 Å². The number of alkyl halides is 12. The molecule has 0 spiro atoms. The lowest BCUT2D eigenvalue weighted by Crippen LogP contribution is -2.69. The van der Waals surface area contributed by atoms with E-state index in [2.05, 4.69) is 0 Å². The van der Waals surface area contributed by atoms with Gasteiger partial charge in [0, 0.05) is 6.42 Å². The third kappa shape index (κ3) is 4.61. The Bertz CT molecular complexity index is 448. The number of hydrogen-bond acceptors (Lipinski definition) is 2. The van der Waals surface area contributed by atoms with Gasteiger partial charge in [-0.3, -0.25) is 4.79 Å². The summed E-state index contributed by atoms with van der Waals surface area (Å²) in [5.74, 6) is -36.3. The van der Waals surface area contributed by atoms with Crippen LogP contribution < -0.4 is 0 Å². The predicted octanol–water partition coefficient (Wildman–Crippen LogP) is 3.90. The lowest BCUT2D eigenvalue weighted by atomic mass is 9.95. The van der Waals surface area contributed by atoms with Gasteiger partial charge in [-0.15, -0.1) is 0 Å². The summed E-state index contributed by atoms with van der Waals surface area (Å²) < 4.78 is 148. The van der Waals surface area contributed by atoms with E-state index in [1.807, 2.05) is 0 Å². The van der Waals surface area contributed by atoms with Crippen molar-refractivity contribution in [2.24, 2.45) is 0 Å². The van der Waals surface area contributed by atoms with Crippen LogP contribution in [0.4, 0.5) is 52.7 Å². The summed E-state index contributed by atoms with van der Waals surface area (Å²) in [5, 5.41) is 15.4. The SMILES string of the molecule is CCC(=O)O.OCC(F)(F)C(F)(F)C(F)(F)C(F)(F)C(F)(F)C(F)F. The van der Waals surface area contributed by atoms with Crippen molar-refractivity contribution in [2.45, 2.75) is 49.4 Å². The number of aliphatic hydroxyl groups excluding tert-OH is 1. The van der Waals surface area contributed by atoms with E-state index in [0.717, 1.165) is 0 Å². The van der Waals surface area contributed by atoms with Crippen molar-refractivity contribution < 1.29 is 67.7 Å². The van der Waals surface area contributed by atoms with Gasteiger partial charge in [0.1, 0.15) is 6.61 Å². The summed E-state index contributed by atoms with van der Waals surface area (Å²) in [5.41, 5.74) is 0. The molecule has 0 saturated heterocycles. The minimum atomic E-state index is -7.56. The fraction of sp³-hybridized carbons (Fsp3) is 0.900. The molecule has 152 valence electrons. The van der Waals surface area contributed by atoms with Gasteiger partial charge in [-0.1, -0.05) is 6.92 Å². The number of halogens is 12. The maximum absolute atomic E-state index is 12.6. The van der Waals surface area contributed by atoms with Crippen molar-refractivity contribution in [1.29, 1.82) is 0 Å². The lowest BCUT2D eigenvalue weighted by Gasteiger charge is -2.38. The van der Waals surface area contributed by atoms with E-state index in [-0.39, 0.29) is 6.42 Å². The molecule has 0 aromatic rings. The average Bonchev–Trinajstić information content (AvgIpc) is 2.46. The Labute approximate surface area is 131 Å². The van der Waals surface area contributed by atoms with Crippen LogP contribution in [0.5, 0.6) is 0 Å². The Morgan fingerprint density at radius 1 is 0.840 bits per heavy atom. The standard InChI is InChI=1S/C7H4F12O.C3H6O2/c8-2(9)4(12,13)6(16,17)7(18,19)5(14,15)3(10,11)1-20;1-2-3(4)5/h2,20H,1H2;2H2,1H3,(H,4,5). The first kappa shape index (κ1) is 25.8. The summed E-state index contributed by atoms with van der Waals surface area (Å²) >= 11 is 0. The van der Waals surface area contributed by atoms with Gasteiger partial charge in [0.15, 0.2) is 0 Å². The topological polar surface area (TPSA) is 57.5 Å². The van der Waals surface area contributed by atoms with E-state index in [4.69, 9.17) is 10.2 Å². The molecule has 0 amide bonds. The Morgan fingerprint density at radius 2 is 1.16 bits per heavy atom. The molecule has 0 aliphatic carbocycles. The van der Waals surface area contributed by atoms with Crippen LogP contribution >= 0.6 is 0 Å². The van der Waals surface area contributed by atoms with Crippen LogP contribution in [0.2, 0.25) is 0 Å². The van der Waals surface area contributed by atoms with Crippen molar-refractivity contribution in [3.8, 4) is 0 Å². The second kappa shape index (κ2) is 7.86. The van der Waals surface area contributed by atoms with E-state index in [0.29, 0.717) is 0 Å². The first-order valence-corrected chi connectivity index (χ1v) is 5.77. The molecule has 0 fully saturated rings. The van der Waals surface area contributed by atoms with Gasteiger partial charge < -0.3 is 10.2 Å². The van der Waals surface area contributed by atoms with E-state index in [1.165, 1.54) is 0 Å². The molecule has 0 heterocycles. The molecule has 0 aromatic heterocycles. The zero-order valence-corrected chi connectivity index (χ0v) is 11.8. The molecule has 0 bridgehead atoms. The number of carbonyl (C=O) groups is 1. The van der Waals surface area contributed by atoms with Gasteiger partial charge in [0.2, 0.25) is 0 Å². The summed E-state index contributed by atoms with van der Waals surface area (Å²) in [4.78, 5) is 9.37. The molecule has 0 rings (SSSR count). The molecular formula is C10H10F12O3. The van der Waals surface area contributed by atoms with Crippen LogP contribution in [0.1, 0.15) is 13.3 Å². The van der Waals surface area contributed by atoms with Gasteiger partial charge in [0.05, 0.1) is 0 Å². The summed E-state index contributed by atoms with van der Waals surface area (Å²) in [6, 6.07) is 0. The van der Waals surface area contributed by atoms with Gasteiger partial charge in [-0.2, -0.15) is 43.9 Å². The van der Waals surface area contributed by atoms with Crippen molar-refractivity contribution in [2.75, 3.05) is 6.61 Å². The van der Waals surface area contributed by atoms with Crippen molar-refractivity contribution in [3.63, 3.8) is 0 Å². The number of aliphatic hydroxyl groups is 1.